The normalized spacial score (nSPS) is 11.0. The van der Waals surface area contributed by atoms with Crippen molar-refractivity contribution in [2.24, 2.45) is 0 Å². The van der Waals surface area contributed by atoms with Crippen LogP contribution in [0.4, 0.5) is 5.69 Å². The number of amides is 1. The molecule has 1 amide bonds. The molecule has 7 nitrogen and oxygen atoms in total. The van der Waals surface area contributed by atoms with Crippen molar-refractivity contribution in [1.82, 2.24) is 9.55 Å². The molecule has 1 N–H and O–H groups in total. The summed E-state index contributed by atoms with van der Waals surface area (Å²) in [5, 5.41) is 4.45. The molecule has 0 bridgehead atoms. The van der Waals surface area contributed by atoms with Crippen LogP contribution < -0.4 is 15.6 Å². The summed E-state index contributed by atoms with van der Waals surface area (Å²) >= 11 is 13.3. The molecule has 0 aliphatic heterocycles. The van der Waals surface area contributed by atoms with Gasteiger partial charge in [-0.25, -0.2) is 4.98 Å². The molecule has 2 aromatic carbocycles. The van der Waals surface area contributed by atoms with Crippen molar-refractivity contribution in [3.8, 4) is 5.75 Å². The zero-order valence-corrected chi connectivity index (χ0v) is 19.1. The van der Waals surface area contributed by atoms with Crippen molar-refractivity contribution in [3.63, 3.8) is 0 Å². The lowest BCUT2D eigenvalue weighted by atomic mass is 10.2. The van der Waals surface area contributed by atoms with Crippen LogP contribution in [0.15, 0.2) is 69.2 Å². The molecule has 0 aliphatic rings. The molecule has 2 heterocycles. The average Bonchev–Trinajstić information content (AvgIpc) is 3.28. The van der Waals surface area contributed by atoms with E-state index >= 15 is 0 Å². The lowest BCUT2D eigenvalue weighted by Gasteiger charge is -2.12. The number of hydrogen-bond donors (Lipinski definition) is 1. The molecular formula is C22H17Cl2N3O4S. The van der Waals surface area contributed by atoms with Crippen LogP contribution in [0.1, 0.15) is 5.76 Å². The van der Waals surface area contributed by atoms with Gasteiger partial charge >= 0.3 is 0 Å². The highest BCUT2D eigenvalue weighted by molar-refractivity contribution is 7.99. The minimum Gasteiger partial charge on any atom is -0.495 e. The Kier molecular flexibility index (Phi) is 6.74. The molecule has 2 aromatic heterocycles. The van der Waals surface area contributed by atoms with Gasteiger partial charge < -0.3 is 14.5 Å². The van der Waals surface area contributed by atoms with Gasteiger partial charge in [0.1, 0.15) is 11.5 Å². The molecule has 4 rings (SSSR count). The fourth-order valence-electron chi connectivity index (χ4n) is 3.05. The fourth-order valence-corrected chi connectivity index (χ4v) is 4.28. The van der Waals surface area contributed by atoms with Crippen LogP contribution in [-0.2, 0) is 11.3 Å². The van der Waals surface area contributed by atoms with E-state index in [9.17, 15) is 9.59 Å². The number of thioether (sulfide) groups is 1. The molecule has 0 atom stereocenters. The highest BCUT2D eigenvalue weighted by Gasteiger charge is 2.15. The second kappa shape index (κ2) is 9.68. The van der Waals surface area contributed by atoms with Crippen LogP contribution in [0.2, 0.25) is 10.0 Å². The Hall–Kier alpha value is -2.94. The summed E-state index contributed by atoms with van der Waals surface area (Å²) in [4.78, 5) is 30.2. The van der Waals surface area contributed by atoms with E-state index < -0.39 is 0 Å². The van der Waals surface area contributed by atoms with Crippen molar-refractivity contribution in [2.45, 2.75) is 11.7 Å². The van der Waals surface area contributed by atoms with Crippen LogP contribution >= 0.6 is 35.0 Å². The molecule has 0 fully saturated rings. The Bertz CT molecular complexity index is 1340. The second-order valence-corrected chi connectivity index (χ2v) is 8.50. The Balaban J connectivity index is 1.58. The predicted octanol–water partition coefficient (Wildman–Crippen LogP) is 5.08. The fraction of sp³-hybridized carbons (Fsp3) is 0.136. The van der Waals surface area contributed by atoms with Crippen molar-refractivity contribution in [1.29, 1.82) is 0 Å². The van der Waals surface area contributed by atoms with Gasteiger partial charge in [0.25, 0.3) is 5.56 Å². The third kappa shape index (κ3) is 4.93. The van der Waals surface area contributed by atoms with Crippen LogP contribution in [-0.4, -0.2) is 28.3 Å². The number of benzene rings is 2. The van der Waals surface area contributed by atoms with Gasteiger partial charge in [0.15, 0.2) is 5.16 Å². The largest absolute Gasteiger partial charge is 0.495 e. The highest BCUT2D eigenvalue weighted by atomic mass is 35.5. The summed E-state index contributed by atoms with van der Waals surface area (Å²) in [6.45, 7) is 0.190. The number of fused-ring (bicyclic) bond motifs is 1. The maximum Gasteiger partial charge on any atom is 0.262 e. The number of nitrogens with zero attached hydrogens (tertiary/aromatic N) is 2. The Morgan fingerprint density at radius 3 is 2.78 bits per heavy atom. The summed E-state index contributed by atoms with van der Waals surface area (Å²) in [5.41, 5.74) is 0.753. The monoisotopic (exact) mass is 489 g/mol. The van der Waals surface area contributed by atoms with Crippen LogP contribution in [0, 0.1) is 0 Å². The number of anilines is 1. The van der Waals surface area contributed by atoms with Crippen molar-refractivity contribution < 1.29 is 13.9 Å². The first kappa shape index (κ1) is 22.3. The molecule has 0 saturated heterocycles. The number of hydrogen-bond acceptors (Lipinski definition) is 6. The Labute approximate surface area is 197 Å². The van der Waals surface area contributed by atoms with Crippen molar-refractivity contribution in [2.75, 3.05) is 18.2 Å². The molecule has 0 radical (unpaired) electrons. The highest BCUT2D eigenvalue weighted by Crippen LogP contribution is 2.27. The van der Waals surface area contributed by atoms with E-state index in [1.54, 1.807) is 48.5 Å². The number of carbonyl (C=O) groups is 1. The van der Waals surface area contributed by atoms with Crippen molar-refractivity contribution >= 4 is 57.5 Å². The van der Waals surface area contributed by atoms with E-state index in [1.807, 2.05) is 0 Å². The van der Waals surface area contributed by atoms with E-state index in [4.69, 9.17) is 32.4 Å². The van der Waals surface area contributed by atoms with Gasteiger partial charge in [0, 0.05) is 10.7 Å². The molecule has 32 heavy (non-hydrogen) atoms. The third-order valence-corrected chi connectivity index (χ3v) is 6.05. The van der Waals surface area contributed by atoms with Crippen LogP contribution in [0.25, 0.3) is 10.9 Å². The zero-order chi connectivity index (χ0) is 22.7. The molecule has 0 saturated carbocycles. The van der Waals surface area contributed by atoms with Gasteiger partial charge in [-0.15, -0.1) is 0 Å². The summed E-state index contributed by atoms with van der Waals surface area (Å²) in [6.07, 6.45) is 1.54. The molecule has 0 spiro atoms. The predicted molar refractivity (Wildman–Crippen MR) is 126 cm³/mol. The van der Waals surface area contributed by atoms with Gasteiger partial charge in [-0.05, 0) is 48.5 Å². The number of aromatic nitrogens is 2. The van der Waals surface area contributed by atoms with E-state index in [-0.39, 0.29) is 23.8 Å². The number of ether oxygens (including phenoxy) is 1. The van der Waals surface area contributed by atoms with E-state index in [0.717, 1.165) is 11.8 Å². The standard InChI is InChI=1S/C22H17Cl2N3O4S/c1-30-19-7-5-14(10-17(19)24)25-20(28)12-32-22-26-18-9-13(23)4-6-16(18)21(29)27(22)11-15-3-2-8-31-15/h2-10H,11-12H2,1H3,(H,25,28). The van der Waals surface area contributed by atoms with Crippen LogP contribution in [0.5, 0.6) is 5.75 Å². The zero-order valence-electron chi connectivity index (χ0n) is 16.8. The van der Waals surface area contributed by atoms with E-state index in [2.05, 4.69) is 10.3 Å². The van der Waals surface area contributed by atoms with Crippen LogP contribution in [0.3, 0.4) is 0 Å². The number of halogens is 2. The van der Waals surface area contributed by atoms with E-state index in [1.165, 1.54) is 17.9 Å². The second-order valence-electron chi connectivity index (χ2n) is 6.71. The first-order valence-electron chi connectivity index (χ1n) is 9.43. The molecule has 0 unspecified atom stereocenters. The third-order valence-electron chi connectivity index (χ3n) is 4.54. The van der Waals surface area contributed by atoms with Gasteiger partial charge in [-0.2, -0.15) is 0 Å². The summed E-state index contributed by atoms with van der Waals surface area (Å²) in [7, 11) is 1.52. The average molecular weight is 490 g/mol. The summed E-state index contributed by atoms with van der Waals surface area (Å²) in [5.74, 6) is 0.864. The molecule has 0 aliphatic carbocycles. The Morgan fingerprint density at radius 2 is 2.06 bits per heavy atom. The quantitative estimate of drug-likeness (QED) is 0.287. The summed E-state index contributed by atoms with van der Waals surface area (Å²) < 4.78 is 12.0. The maximum absolute atomic E-state index is 13.1. The van der Waals surface area contributed by atoms with Crippen molar-refractivity contribution in [3.05, 3.63) is 81.0 Å². The number of methoxy groups -OCH3 is 1. The number of carbonyl (C=O) groups excluding carboxylic acids is 1. The minimum atomic E-state index is -0.277. The first-order valence-corrected chi connectivity index (χ1v) is 11.2. The molecule has 10 heteroatoms. The number of furan rings is 1. The lowest BCUT2D eigenvalue weighted by Crippen LogP contribution is -2.24. The van der Waals surface area contributed by atoms with Gasteiger partial charge in [0.05, 0.1) is 41.6 Å². The topological polar surface area (TPSA) is 86.4 Å². The van der Waals surface area contributed by atoms with Gasteiger partial charge in [-0.3, -0.25) is 14.2 Å². The first-order chi connectivity index (χ1) is 15.4. The molecule has 4 aromatic rings. The minimum absolute atomic E-state index is 0.0281. The van der Waals surface area contributed by atoms with Gasteiger partial charge in [-0.1, -0.05) is 35.0 Å². The smallest absolute Gasteiger partial charge is 0.262 e. The van der Waals surface area contributed by atoms with E-state index in [0.29, 0.717) is 43.3 Å². The SMILES string of the molecule is COc1ccc(NC(=O)CSc2nc3cc(Cl)ccc3c(=O)n2Cc2ccco2)cc1Cl. The lowest BCUT2D eigenvalue weighted by molar-refractivity contribution is -0.113. The maximum atomic E-state index is 13.1. The molecular weight excluding hydrogens is 473 g/mol. The Morgan fingerprint density at radius 1 is 1.22 bits per heavy atom. The number of nitrogens with one attached hydrogen (secondary N) is 1. The number of rotatable bonds is 7. The summed E-state index contributed by atoms with van der Waals surface area (Å²) in [6, 6.07) is 13.4. The van der Waals surface area contributed by atoms with Gasteiger partial charge in [0.2, 0.25) is 5.91 Å². The molecule has 164 valence electrons.